The number of halogens is 1. The second-order valence-corrected chi connectivity index (χ2v) is 6.21. The summed E-state index contributed by atoms with van der Waals surface area (Å²) in [6.07, 6.45) is 1.58. The number of anilines is 2. The first-order valence-corrected chi connectivity index (χ1v) is 7.68. The molecule has 0 radical (unpaired) electrons. The third-order valence-corrected chi connectivity index (χ3v) is 4.01. The fourth-order valence-electron chi connectivity index (χ4n) is 1.65. The molecule has 0 aliphatic carbocycles. The van der Waals surface area contributed by atoms with E-state index in [1.54, 1.807) is 18.3 Å². The highest BCUT2D eigenvalue weighted by Gasteiger charge is 2.14. The normalized spacial score (nSPS) is 10.5. The Kier molecular flexibility index (Phi) is 5.90. The molecule has 0 spiro atoms. The maximum absolute atomic E-state index is 12.2. The van der Waals surface area contributed by atoms with Crippen molar-refractivity contribution in [3.05, 3.63) is 48.2 Å². The Bertz CT molecular complexity index is 744. The van der Waals surface area contributed by atoms with E-state index in [1.165, 1.54) is 31.2 Å². The number of nitrogens with one attached hydrogen (secondary N) is 2. The summed E-state index contributed by atoms with van der Waals surface area (Å²) in [7, 11) is -3.70. The Morgan fingerprint density at radius 3 is 2.23 bits per heavy atom. The van der Waals surface area contributed by atoms with E-state index in [0.717, 1.165) is 5.56 Å². The summed E-state index contributed by atoms with van der Waals surface area (Å²) >= 11 is 0. The maximum atomic E-state index is 12.2. The molecule has 0 saturated carbocycles. The number of pyridine rings is 1. The number of hydrogen-bond donors (Lipinski definition) is 2. The summed E-state index contributed by atoms with van der Waals surface area (Å²) < 4.78 is 26.8. The van der Waals surface area contributed by atoms with Crippen molar-refractivity contribution in [1.82, 2.24) is 4.98 Å². The molecular formula is C14H16ClN3O3S. The molecule has 0 fully saturated rings. The molecule has 0 bridgehead atoms. The predicted molar refractivity (Wildman–Crippen MR) is 87.8 cm³/mol. The van der Waals surface area contributed by atoms with Gasteiger partial charge in [0.15, 0.2) is 0 Å². The van der Waals surface area contributed by atoms with Crippen LogP contribution in [0.5, 0.6) is 0 Å². The molecule has 1 aromatic carbocycles. The minimum Gasteiger partial charge on any atom is -0.326 e. The van der Waals surface area contributed by atoms with Crippen LogP contribution in [-0.2, 0) is 14.8 Å². The number of hydrogen-bond acceptors (Lipinski definition) is 4. The van der Waals surface area contributed by atoms with Crippen LogP contribution in [0.25, 0.3) is 0 Å². The van der Waals surface area contributed by atoms with Crippen molar-refractivity contribution in [2.24, 2.45) is 0 Å². The van der Waals surface area contributed by atoms with Gasteiger partial charge < -0.3 is 5.32 Å². The lowest BCUT2D eigenvalue weighted by atomic mass is 10.3. The quantitative estimate of drug-likeness (QED) is 0.894. The molecule has 0 atom stereocenters. The van der Waals surface area contributed by atoms with Crippen molar-refractivity contribution in [1.29, 1.82) is 0 Å². The van der Waals surface area contributed by atoms with Gasteiger partial charge in [-0.15, -0.1) is 12.4 Å². The fraction of sp³-hybridized carbons (Fsp3) is 0.143. The monoisotopic (exact) mass is 341 g/mol. The van der Waals surface area contributed by atoms with Gasteiger partial charge in [0, 0.05) is 18.8 Å². The highest BCUT2D eigenvalue weighted by Crippen LogP contribution is 2.17. The Hall–Kier alpha value is -2.12. The van der Waals surface area contributed by atoms with Crippen molar-refractivity contribution < 1.29 is 13.2 Å². The van der Waals surface area contributed by atoms with Crippen molar-refractivity contribution in [2.45, 2.75) is 18.7 Å². The lowest BCUT2D eigenvalue weighted by molar-refractivity contribution is -0.114. The van der Waals surface area contributed by atoms with E-state index in [4.69, 9.17) is 0 Å². The third kappa shape index (κ3) is 4.71. The standard InChI is InChI=1S/C14H15N3O3S.ClH/c1-10-3-8-14(15-9-10)17-21(19,20)13-6-4-12(5-7-13)16-11(2)18;/h3-9H,1-2H3,(H,15,17)(H,16,18);1H. The summed E-state index contributed by atoms with van der Waals surface area (Å²) in [6.45, 7) is 3.25. The van der Waals surface area contributed by atoms with E-state index in [-0.39, 0.29) is 29.0 Å². The second-order valence-electron chi connectivity index (χ2n) is 4.53. The van der Waals surface area contributed by atoms with Crippen LogP contribution in [-0.4, -0.2) is 19.3 Å². The first-order chi connectivity index (χ1) is 9.87. The number of sulfonamides is 1. The molecule has 2 N–H and O–H groups in total. The maximum Gasteiger partial charge on any atom is 0.263 e. The SMILES string of the molecule is CC(=O)Nc1ccc(S(=O)(=O)Nc2ccc(C)cn2)cc1.Cl. The van der Waals surface area contributed by atoms with Gasteiger partial charge in [-0.1, -0.05) is 6.07 Å². The van der Waals surface area contributed by atoms with Crippen LogP contribution >= 0.6 is 12.4 Å². The van der Waals surface area contributed by atoms with Gasteiger partial charge in [0.1, 0.15) is 5.82 Å². The highest BCUT2D eigenvalue weighted by molar-refractivity contribution is 7.92. The molecule has 1 aromatic heterocycles. The van der Waals surface area contributed by atoms with Gasteiger partial charge in [0.25, 0.3) is 10.0 Å². The molecule has 6 nitrogen and oxygen atoms in total. The number of aromatic nitrogens is 1. The van der Waals surface area contributed by atoms with Crippen molar-refractivity contribution in [2.75, 3.05) is 10.0 Å². The zero-order chi connectivity index (χ0) is 15.5. The third-order valence-electron chi connectivity index (χ3n) is 2.64. The molecule has 0 saturated heterocycles. The molecule has 0 aliphatic rings. The van der Waals surface area contributed by atoms with Crippen LogP contribution in [0.15, 0.2) is 47.5 Å². The van der Waals surface area contributed by atoms with Gasteiger partial charge in [-0.2, -0.15) is 0 Å². The van der Waals surface area contributed by atoms with Crippen LogP contribution in [0.1, 0.15) is 12.5 Å². The van der Waals surface area contributed by atoms with E-state index in [9.17, 15) is 13.2 Å². The van der Waals surface area contributed by atoms with E-state index >= 15 is 0 Å². The summed E-state index contributed by atoms with van der Waals surface area (Å²) in [5.41, 5.74) is 1.48. The van der Waals surface area contributed by atoms with Crippen molar-refractivity contribution >= 4 is 39.8 Å². The molecule has 0 aliphatic heterocycles. The summed E-state index contributed by atoms with van der Waals surface area (Å²) in [6, 6.07) is 9.25. The predicted octanol–water partition coefficient (Wildman–Crippen LogP) is 2.57. The highest BCUT2D eigenvalue weighted by atomic mass is 35.5. The Morgan fingerprint density at radius 1 is 1.09 bits per heavy atom. The lowest BCUT2D eigenvalue weighted by Gasteiger charge is -2.08. The van der Waals surface area contributed by atoms with Crippen LogP contribution in [0.3, 0.4) is 0 Å². The number of nitrogens with zero attached hydrogens (tertiary/aromatic N) is 1. The number of carbonyl (C=O) groups excluding carboxylic acids is 1. The van der Waals surface area contributed by atoms with Gasteiger partial charge in [-0.05, 0) is 42.8 Å². The van der Waals surface area contributed by atoms with Crippen LogP contribution in [0.2, 0.25) is 0 Å². The number of rotatable bonds is 4. The van der Waals surface area contributed by atoms with Crippen LogP contribution < -0.4 is 10.0 Å². The minimum atomic E-state index is -3.70. The topological polar surface area (TPSA) is 88.2 Å². The van der Waals surface area contributed by atoms with Gasteiger partial charge >= 0.3 is 0 Å². The van der Waals surface area contributed by atoms with Crippen LogP contribution in [0, 0.1) is 6.92 Å². The summed E-state index contributed by atoms with van der Waals surface area (Å²) in [5, 5.41) is 2.57. The van der Waals surface area contributed by atoms with Gasteiger partial charge in [0.2, 0.25) is 5.91 Å². The van der Waals surface area contributed by atoms with Gasteiger partial charge in [0.05, 0.1) is 4.90 Å². The Morgan fingerprint density at radius 2 is 1.73 bits per heavy atom. The molecule has 2 rings (SSSR count). The number of amides is 1. The molecule has 2 aromatic rings. The Labute approximate surface area is 135 Å². The zero-order valence-electron chi connectivity index (χ0n) is 12.0. The molecule has 8 heteroatoms. The molecule has 22 heavy (non-hydrogen) atoms. The molecule has 0 unspecified atom stereocenters. The van der Waals surface area contributed by atoms with E-state index < -0.39 is 10.0 Å². The molecule has 118 valence electrons. The number of benzene rings is 1. The fourth-order valence-corrected chi connectivity index (χ4v) is 2.65. The molecule has 1 amide bonds. The Balaban J connectivity index is 0.00000242. The largest absolute Gasteiger partial charge is 0.326 e. The van der Waals surface area contributed by atoms with E-state index in [1.807, 2.05) is 6.92 Å². The number of carbonyl (C=O) groups is 1. The zero-order valence-corrected chi connectivity index (χ0v) is 13.7. The van der Waals surface area contributed by atoms with Crippen LogP contribution in [0.4, 0.5) is 11.5 Å². The average Bonchev–Trinajstić information content (AvgIpc) is 2.41. The first kappa shape index (κ1) is 17.9. The van der Waals surface area contributed by atoms with Crippen molar-refractivity contribution in [3.63, 3.8) is 0 Å². The van der Waals surface area contributed by atoms with Crippen molar-refractivity contribution in [3.8, 4) is 0 Å². The average molecular weight is 342 g/mol. The molecule has 1 heterocycles. The van der Waals surface area contributed by atoms with Gasteiger partial charge in [-0.25, -0.2) is 13.4 Å². The smallest absolute Gasteiger partial charge is 0.263 e. The lowest BCUT2D eigenvalue weighted by Crippen LogP contribution is -2.14. The number of aryl methyl sites for hydroxylation is 1. The molecular weight excluding hydrogens is 326 g/mol. The summed E-state index contributed by atoms with van der Waals surface area (Å²) in [4.78, 5) is 15.0. The first-order valence-electron chi connectivity index (χ1n) is 6.20. The van der Waals surface area contributed by atoms with Gasteiger partial charge in [-0.3, -0.25) is 9.52 Å². The van der Waals surface area contributed by atoms with E-state index in [2.05, 4.69) is 15.0 Å². The second kappa shape index (κ2) is 7.24. The van der Waals surface area contributed by atoms with E-state index in [0.29, 0.717) is 5.69 Å². The minimum absolute atomic E-state index is 0. The summed E-state index contributed by atoms with van der Waals surface area (Å²) in [5.74, 6) is 0.0409.